The van der Waals surface area contributed by atoms with Crippen LogP contribution in [-0.4, -0.2) is 57.7 Å². The molecule has 5 nitrogen and oxygen atoms in total. The summed E-state index contributed by atoms with van der Waals surface area (Å²) in [4.78, 5) is 3.72. The second kappa shape index (κ2) is 10.5. The van der Waals surface area contributed by atoms with Crippen LogP contribution in [0.5, 0.6) is 11.5 Å². The number of hydrogen-bond donors (Lipinski definition) is 2. The molecule has 2 N–H and O–H groups in total. The zero-order valence-electron chi connectivity index (χ0n) is 16.9. The fourth-order valence-corrected chi connectivity index (χ4v) is 3.85. The van der Waals surface area contributed by atoms with Gasteiger partial charge in [-0.15, -0.1) is 6.58 Å². The summed E-state index contributed by atoms with van der Waals surface area (Å²) in [7, 11) is 1.62. The van der Waals surface area contributed by atoms with Gasteiger partial charge >= 0.3 is 0 Å². The molecule has 0 bridgehead atoms. The fourth-order valence-electron chi connectivity index (χ4n) is 3.66. The van der Waals surface area contributed by atoms with Gasteiger partial charge in [0, 0.05) is 10.7 Å². The summed E-state index contributed by atoms with van der Waals surface area (Å²) in [6.45, 7) is 8.52. The Bertz CT molecular complexity index is 806. The zero-order valence-corrected chi connectivity index (χ0v) is 17.7. The van der Waals surface area contributed by atoms with Gasteiger partial charge in [0.2, 0.25) is 0 Å². The lowest BCUT2D eigenvalue weighted by Crippen LogP contribution is -3.16. The predicted molar refractivity (Wildman–Crippen MR) is 118 cm³/mol. The fraction of sp³-hybridized carbons (Fsp3) is 0.391. The second-order valence-corrected chi connectivity index (χ2v) is 7.80. The Balaban J connectivity index is 1.46. The molecule has 6 heteroatoms. The number of benzene rings is 2. The largest absolute Gasteiger partial charge is 0.493 e. The van der Waals surface area contributed by atoms with E-state index in [1.165, 1.54) is 4.90 Å². The molecular formula is C23H30ClN2O3+. The van der Waals surface area contributed by atoms with E-state index in [1.807, 2.05) is 42.5 Å². The van der Waals surface area contributed by atoms with Crippen LogP contribution in [0.2, 0.25) is 5.02 Å². The highest BCUT2D eigenvalue weighted by Crippen LogP contribution is 2.28. The zero-order chi connectivity index (χ0) is 20.6. The minimum absolute atomic E-state index is 0.249. The van der Waals surface area contributed by atoms with Gasteiger partial charge in [0.05, 0.1) is 33.3 Å². The summed E-state index contributed by atoms with van der Waals surface area (Å²) in [6, 6.07) is 13.8. The number of ether oxygens (including phenoxy) is 2. The molecule has 0 saturated carbocycles. The summed E-state index contributed by atoms with van der Waals surface area (Å²) in [5.74, 6) is 1.33. The highest BCUT2D eigenvalue weighted by Gasteiger charge is 2.23. The second-order valence-electron chi connectivity index (χ2n) is 7.36. The predicted octanol–water partition coefficient (Wildman–Crippen LogP) is 2.22. The van der Waals surface area contributed by atoms with Gasteiger partial charge in [-0.3, -0.25) is 0 Å². The first kappa shape index (κ1) is 21.5. The molecule has 2 aromatic rings. The Hall–Kier alpha value is -2.21. The van der Waals surface area contributed by atoms with E-state index in [0.717, 1.165) is 48.9 Å². The molecule has 1 saturated heterocycles. The minimum atomic E-state index is -0.528. The quantitative estimate of drug-likeness (QED) is 0.614. The van der Waals surface area contributed by atoms with Crippen molar-refractivity contribution in [3.8, 4) is 11.5 Å². The maximum absolute atomic E-state index is 10.5. The molecule has 1 aliphatic rings. The number of nitrogens with zero attached hydrogens (tertiary/aromatic N) is 1. The van der Waals surface area contributed by atoms with E-state index < -0.39 is 6.10 Å². The van der Waals surface area contributed by atoms with E-state index in [1.54, 1.807) is 7.11 Å². The van der Waals surface area contributed by atoms with Crippen molar-refractivity contribution in [3.05, 3.63) is 65.7 Å². The van der Waals surface area contributed by atoms with Crippen LogP contribution in [0.25, 0.3) is 0 Å². The van der Waals surface area contributed by atoms with Gasteiger partial charge in [-0.05, 0) is 42.3 Å². The molecule has 156 valence electrons. The molecule has 0 aromatic heterocycles. The van der Waals surface area contributed by atoms with Crippen molar-refractivity contribution < 1.29 is 19.5 Å². The number of anilines is 1. The van der Waals surface area contributed by atoms with Crippen LogP contribution in [0, 0.1) is 0 Å². The molecule has 1 fully saturated rings. The van der Waals surface area contributed by atoms with Gasteiger partial charge in [-0.2, -0.15) is 0 Å². The van der Waals surface area contributed by atoms with Crippen LogP contribution in [0.1, 0.15) is 5.56 Å². The third kappa shape index (κ3) is 6.13. The normalized spacial score (nSPS) is 15.8. The van der Waals surface area contributed by atoms with Gasteiger partial charge in [0.25, 0.3) is 0 Å². The van der Waals surface area contributed by atoms with Crippen molar-refractivity contribution in [1.29, 1.82) is 0 Å². The number of methoxy groups -OCH3 is 1. The van der Waals surface area contributed by atoms with Crippen LogP contribution in [0.3, 0.4) is 0 Å². The molecule has 0 spiro atoms. The number of piperazine rings is 1. The lowest BCUT2D eigenvalue weighted by atomic mass is 10.1. The lowest BCUT2D eigenvalue weighted by Gasteiger charge is -2.34. The third-order valence-corrected chi connectivity index (χ3v) is 5.44. The Morgan fingerprint density at radius 1 is 1.21 bits per heavy atom. The third-order valence-electron chi connectivity index (χ3n) is 5.21. The lowest BCUT2D eigenvalue weighted by molar-refractivity contribution is -0.903. The maximum Gasteiger partial charge on any atom is 0.161 e. The first-order valence-electron chi connectivity index (χ1n) is 10.0. The van der Waals surface area contributed by atoms with Crippen molar-refractivity contribution in [2.24, 2.45) is 0 Å². The van der Waals surface area contributed by atoms with Gasteiger partial charge < -0.3 is 24.4 Å². The number of nitrogens with one attached hydrogen (secondary N) is 1. The summed E-state index contributed by atoms with van der Waals surface area (Å²) >= 11 is 6.10. The van der Waals surface area contributed by atoms with Gasteiger partial charge in [-0.25, -0.2) is 0 Å². The van der Waals surface area contributed by atoms with E-state index in [-0.39, 0.29) is 6.61 Å². The van der Waals surface area contributed by atoms with Crippen molar-refractivity contribution in [2.45, 2.75) is 12.5 Å². The van der Waals surface area contributed by atoms with E-state index in [9.17, 15) is 5.11 Å². The van der Waals surface area contributed by atoms with Crippen LogP contribution in [0.15, 0.2) is 55.1 Å². The van der Waals surface area contributed by atoms with Gasteiger partial charge in [0.1, 0.15) is 19.3 Å². The van der Waals surface area contributed by atoms with Crippen molar-refractivity contribution in [2.75, 3.05) is 51.3 Å². The number of quaternary nitrogens is 1. The molecule has 1 atom stereocenters. The number of rotatable bonds is 9. The average molecular weight is 418 g/mol. The van der Waals surface area contributed by atoms with Crippen LogP contribution in [-0.2, 0) is 6.42 Å². The molecule has 1 heterocycles. The van der Waals surface area contributed by atoms with Crippen molar-refractivity contribution >= 4 is 17.3 Å². The van der Waals surface area contributed by atoms with E-state index >= 15 is 0 Å². The summed E-state index contributed by atoms with van der Waals surface area (Å²) in [6.07, 6.45) is 2.11. The highest BCUT2D eigenvalue weighted by atomic mass is 35.5. The minimum Gasteiger partial charge on any atom is -0.493 e. The molecule has 0 radical (unpaired) electrons. The van der Waals surface area contributed by atoms with Crippen LogP contribution < -0.4 is 19.3 Å². The van der Waals surface area contributed by atoms with Crippen molar-refractivity contribution in [1.82, 2.24) is 0 Å². The monoisotopic (exact) mass is 417 g/mol. The molecule has 0 aliphatic carbocycles. The van der Waals surface area contributed by atoms with Crippen LogP contribution in [0.4, 0.5) is 5.69 Å². The first-order chi connectivity index (χ1) is 14.1. The Labute approximate surface area is 178 Å². The van der Waals surface area contributed by atoms with E-state index in [2.05, 4.69) is 17.5 Å². The number of allylic oxidation sites excluding steroid dienone is 1. The standard InChI is InChI=1S/C23H29ClN2O3/c1-3-5-18-8-9-22(23(14-18)28-2)29-17-21(27)16-25-10-12-26(13-11-25)20-7-4-6-19(24)15-20/h3-4,6-9,14-15,21,27H,1,5,10-13,16-17H2,2H3/p+1/t21-/m0/s1. The average Bonchev–Trinajstić information content (AvgIpc) is 2.73. The highest BCUT2D eigenvalue weighted by molar-refractivity contribution is 6.30. The molecule has 0 unspecified atom stereocenters. The van der Waals surface area contributed by atoms with Gasteiger partial charge in [-0.1, -0.05) is 29.8 Å². The summed E-state index contributed by atoms with van der Waals surface area (Å²) in [5.41, 5.74) is 2.28. The topological polar surface area (TPSA) is 46.4 Å². The van der Waals surface area contributed by atoms with Crippen LogP contribution >= 0.6 is 11.6 Å². The Morgan fingerprint density at radius 2 is 2.00 bits per heavy atom. The molecular weight excluding hydrogens is 388 g/mol. The number of aliphatic hydroxyl groups excluding tert-OH is 1. The molecule has 0 amide bonds. The van der Waals surface area contributed by atoms with E-state index in [4.69, 9.17) is 21.1 Å². The Morgan fingerprint density at radius 3 is 2.69 bits per heavy atom. The number of halogens is 1. The van der Waals surface area contributed by atoms with Gasteiger partial charge in [0.15, 0.2) is 11.5 Å². The SMILES string of the molecule is C=CCc1ccc(OC[C@@H](O)C[NH+]2CCN(c3cccc(Cl)c3)CC2)c(OC)c1. The summed E-state index contributed by atoms with van der Waals surface area (Å²) < 4.78 is 11.2. The Kier molecular flexibility index (Phi) is 7.81. The number of hydrogen-bond acceptors (Lipinski definition) is 4. The number of aliphatic hydroxyl groups is 1. The molecule has 2 aromatic carbocycles. The summed E-state index contributed by atoms with van der Waals surface area (Å²) in [5, 5.41) is 11.2. The molecule has 29 heavy (non-hydrogen) atoms. The molecule has 1 aliphatic heterocycles. The smallest absolute Gasteiger partial charge is 0.161 e. The maximum atomic E-state index is 10.5. The van der Waals surface area contributed by atoms with Crippen molar-refractivity contribution in [3.63, 3.8) is 0 Å². The molecule has 3 rings (SSSR count). The van der Waals surface area contributed by atoms with E-state index in [0.29, 0.717) is 18.0 Å². The first-order valence-corrected chi connectivity index (χ1v) is 10.4.